The van der Waals surface area contributed by atoms with E-state index in [2.05, 4.69) is 63.6 Å². The number of H-pyrrole nitrogens is 1. The fourth-order valence-electron chi connectivity index (χ4n) is 4.36. The van der Waals surface area contributed by atoms with Crippen molar-refractivity contribution in [2.24, 2.45) is 0 Å². The molecule has 0 atom stereocenters. The van der Waals surface area contributed by atoms with Crippen molar-refractivity contribution in [1.29, 1.82) is 0 Å². The van der Waals surface area contributed by atoms with Crippen LogP contribution in [0.5, 0.6) is 0 Å². The van der Waals surface area contributed by atoms with E-state index in [0.717, 1.165) is 44.0 Å². The molecule has 1 fully saturated rings. The van der Waals surface area contributed by atoms with Gasteiger partial charge >= 0.3 is 0 Å². The third-order valence-corrected chi connectivity index (χ3v) is 5.90. The first-order valence-corrected chi connectivity index (χ1v) is 10.1. The average molecular weight is 371 g/mol. The van der Waals surface area contributed by atoms with Gasteiger partial charge in [-0.05, 0) is 67.4 Å². The number of benzene rings is 2. The van der Waals surface area contributed by atoms with E-state index in [1.807, 2.05) is 19.2 Å². The number of nitrogens with zero attached hydrogens (tertiary/aromatic N) is 2. The molecule has 1 aliphatic heterocycles. The summed E-state index contributed by atoms with van der Waals surface area (Å²) in [7, 11) is 0. The van der Waals surface area contributed by atoms with Crippen LogP contribution in [0.1, 0.15) is 36.0 Å². The Kier molecular flexibility index (Phi) is 4.49. The van der Waals surface area contributed by atoms with Crippen LogP contribution in [0.15, 0.2) is 65.2 Å². The lowest BCUT2D eigenvalue weighted by Crippen LogP contribution is -2.32. The van der Waals surface area contributed by atoms with E-state index < -0.39 is 0 Å². The molecule has 28 heavy (non-hydrogen) atoms. The van der Waals surface area contributed by atoms with Crippen LogP contribution in [-0.4, -0.2) is 28.2 Å². The Morgan fingerprint density at radius 2 is 1.86 bits per heavy atom. The smallest absolute Gasteiger partial charge is 0.118 e. The van der Waals surface area contributed by atoms with Crippen molar-refractivity contribution in [1.82, 2.24) is 15.1 Å². The second-order valence-corrected chi connectivity index (χ2v) is 7.82. The molecular weight excluding hydrogens is 346 g/mol. The van der Waals surface area contributed by atoms with Gasteiger partial charge in [-0.2, -0.15) is 5.10 Å². The van der Waals surface area contributed by atoms with Crippen molar-refractivity contribution in [3.8, 4) is 11.1 Å². The first kappa shape index (κ1) is 17.3. The van der Waals surface area contributed by atoms with Gasteiger partial charge < -0.3 is 4.42 Å². The van der Waals surface area contributed by atoms with Gasteiger partial charge in [0.2, 0.25) is 0 Å². The van der Waals surface area contributed by atoms with Gasteiger partial charge in [-0.25, -0.2) is 0 Å². The molecule has 2 aromatic carbocycles. The number of nitrogens with one attached hydrogen (secondary N) is 1. The molecule has 0 saturated carbocycles. The van der Waals surface area contributed by atoms with Gasteiger partial charge in [0, 0.05) is 17.2 Å². The molecule has 0 unspecified atom stereocenters. The highest BCUT2D eigenvalue weighted by Crippen LogP contribution is 2.35. The van der Waals surface area contributed by atoms with Crippen LogP contribution in [0.3, 0.4) is 0 Å². The summed E-state index contributed by atoms with van der Waals surface area (Å²) in [5, 5.41) is 10.2. The molecule has 142 valence electrons. The summed E-state index contributed by atoms with van der Waals surface area (Å²) in [6.07, 6.45) is 4.27. The third-order valence-electron chi connectivity index (χ3n) is 5.90. The lowest BCUT2D eigenvalue weighted by molar-refractivity contribution is 0.189. The average Bonchev–Trinajstić information content (AvgIpc) is 3.37. The lowest BCUT2D eigenvalue weighted by atomic mass is 9.89. The molecule has 0 spiro atoms. The molecular formula is C24H25N3O. The van der Waals surface area contributed by atoms with Crippen molar-refractivity contribution < 1.29 is 4.42 Å². The zero-order valence-electron chi connectivity index (χ0n) is 16.2. The molecule has 0 aliphatic carbocycles. The highest BCUT2D eigenvalue weighted by Gasteiger charge is 2.25. The topological polar surface area (TPSA) is 45.1 Å². The molecule has 5 rings (SSSR count). The fourth-order valence-corrected chi connectivity index (χ4v) is 4.36. The maximum atomic E-state index is 5.74. The van der Waals surface area contributed by atoms with Crippen molar-refractivity contribution >= 4 is 10.8 Å². The zero-order chi connectivity index (χ0) is 18.9. The Morgan fingerprint density at radius 3 is 2.64 bits per heavy atom. The molecule has 1 saturated heterocycles. The summed E-state index contributed by atoms with van der Waals surface area (Å²) in [4.78, 5) is 2.49. The van der Waals surface area contributed by atoms with Crippen molar-refractivity contribution in [2.45, 2.75) is 32.2 Å². The summed E-state index contributed by atoms with van der Waals surface area (Å²) < 4.78 is 5.74. The van der Waals surface area contributed by atoms with Crippen LogP contribution in [0.25, 0.3) is 21.9 Å². The number of aryl methyl sites for hydroxylation is 1. The number of aromatic amines is 1. The minimum absolute atomic E-state index is 0.526. The van der Waals surface area contributed by atoms with Gasteiger partial charge in [0.25, 0.3) is 0 Å². The molecule has 3 heterocycles. The highest BCUT2D eigenvalue weighted by molar-refractivity contribution is 5.87. The van der Waals surface area contributed by atoms with E-state index in [0.29, 0.717) is 5.92 Å². The fraction of sp³-hybridized carbons (Fsp3) is 0.292. The minimum atomic E-state index is 0.526. The van der Waals surface area contributed by atoms with Crippen LogP contribution < -0.4 is 0 Å². The first-order chi connectivity index (χ1) is 13.8. The lowest BCUT2D eigenvalue weighted by Gasteiger charge is -2.31. The van der Waals surface area contributed by atoms with E-state index in [9.17, 15) is 0 Å². The van der Waals surface area contributed by atoms with Crippen molar-refractivity contribution in [2.75, 3.05) is 13.1 Å². The van der Waals surface area contributed by atoms with E-state index >= 15 is 0 Å². The first-order valence-electron chi connectivity index (χ1n) is 10.1. The van der Waals surface area contributed by atoms with Crippen LogP contribution >= 0.6 is 0 Å². The van der Waals surface area contributed by atoms with Crippen LogP contribution in [-0.2, 0) is 6.54 Å². The number of aromatic nitrogens is 2. The van der Waals surface area contributed by atoms with Crippen LogP contribution in [0.4, 0.5) is 0 Å². The third kappa shape index (κ3) is 3.36. The molecule has 4 heteroatoms. The molecule has 4 nitrogen and oxygen atoms in total. The summed E-state index contributed by atoms with van der Waals surface area (Å²) in [5.41, 5.74) is 3.77. The summed E-state index contributed by atoms with van der Waals surface area (Å²) >= 11 is 0. The van der Waals surface area contributed by atoms with Crippen LogP contribution in [0, 0.1) is 6.92 Å². The summed E-state index contributed by atoms with van der Waals surface area (Å²) in [5.74, 6) is 2.58. The zero-order valence-corrected chi connectivity index (χ0v) is 16.2. The Hall–Kier alpha value is -2.85. The van der Waals surface area contributed by atoms with Gasteiger partial charge in [0.05, 0.1) is 12.7 Å². The maximum absolute atomic E-state index is 5.74. The molecule has 0 radical (unpaired) electrons. The number of hydrogen-bond donors (Lipinski definition) is 1. The predicted molar refractivity (Wildman–Crippen MR) is 112 cm³/mol. The summed E-state index contributed by atoms with van der Waals surface area (Å²) in [6.45, 7) is 5.07. The van der Waals surface area contributed by atoms with E-state index in [1.165, 1.54) is 27.6 Å². The number of rotatable bonds is 4. The quantitative estimate of drug-likeness (QED) is 0.514. The van der Waals surface area contributed by atoms with Gasteiger partial charge in [-0.1, -0.05) is 36.4 Å². The molecule has 1 N–H and O–H groups in total. The number of fused-ring (bicyclic) bond motifs is 1. The van der Waals surface area contributed by atoms with Crippen molar-refractivity contribution in [3.05, 3.63) is 78.0 Å². The van der Waals surface area contributed by atoms with Gasteiger partial charge in [-0.3, -0.25) is 10.00 Å². The van der Waals surface area contributed by atoms with Crippen molar-refractivity contribution in [3.63, 3.8) is 0 Å². The maximum Gasteiger partial charge on any atom is 0.118 e. The van der Waals surface area contributed by atoms with E-state index in [-0.39, 0.29) is 0 Å². The van der Waals surface area contributed by atoms with E-state index in [4.69, 9.17) is 4.42 Å². The van der Waals surface area contributed by atoms with Gasteiger partial charge in [0.15, 0.2) is 0 Å². The Bertz CT molecular complexity index is 1090. The molecule has 1 aliphatic rings. The second kappa shape index (κ2) is 7.28. The SMILES string of the molecule is Cc1ccc(CN2CCC(c3[nH]ncc3-c3ccc4ccccc4c3)CC2)o1. The Morgan fingerprint density at radius 1 is 1.04 bits per heavy atom. The largest absolute Gasteiger partial charge is 0.465 e. The Balaban J connectivity index is 1.32. The molecule has 2 aromatic heterocycles. The predicted octanol–water partition coefficient (Wildman–Crippen LogP) is 5.51. The minimum Gasteiger partial charge on any atom is -0.465 e. The number of hydrogen-bond acceptors (Lipinski definition) is 3. The van der Waals surface area contributed by atoms with Crippen LogP contribution in [0.2, 0.25) is 0 Å². The molecule has 0 amide bonds. The number of furan rings is 1. The summed E-state index contributed by atoms with van der Waals surface area (Å²) in [6, 6.07) is 19.3. The number of piperidine rings is 1. The molecule has 0 bridgehead atoms. The van der Waals surface area contributed by atoms with Gasteiger partial charge in [0.1, 0.15) is 11.5 Å². The monoisotopic (exact) mass is 371 g/mol. The molecule has 4 aromatic rings. The van der Waals surface area contributed by atoms with E-state index in [1.54, 1.807) is 0 Å². The second-order valence-electron chi connectivity index (χ2n) is 7.82. The Labute approximate surface area is 165 Å². The van der Waals surface area contributed by atoms with Gasteiger partial charge in [-0.15, -0.1) is 0 Å². The normalized spacial score (nSPS) is 16.0. The number of likely N-dealkylation sites (tertiary alicyclic amines) is 1. The highest BCUT2D eigenvalue weighted by atomic mass is 16.3. The standard InChI is InChI=1S/C24H25N3O/c1-17-6-9-22(28-17)16-27-12-10-19(11-13-27)24-23(15-25-26-24)21-8-7-18-4-2-3-5-20(18)14-21/h2-9,14-15,19H,10-13,16H2,1H3,(H,25,26).